The number of carbonyl (C=O) groups is 2. The van der Waals surface area contributed by atoms with Gasteiger partial charge in [-0.15, -0.1) is 11.3 Å². The largest absolute Gasteiger partial charge is 0.489 e. The van der Waals surface area contributed by atoms with Gasteiger partial charge >= 0.3 is 0 Å². The SMILES string of the molecule is CC(C)(O)COc1ccc2c(C(=O)N[C@H]3CC[C@H](Oc4nc5ccsc5cc4C(N)=O)CC3)cnn2c1. The van der Waals surface area contributed by atoms with Crippen LogP contribution in [0, 0.1) is 0 Å². The van der Waals surface area contributed by atoms with Gasteiger partial charge in [0.1, 0.15) is 24.0 Å². The van der Waals surface area contributed by atoms with Gasteiger partial charge in [0.25, 0.3) is 11.8 Å². The highest BCUT2D eigenvalue weighted by atomic mass is 32.1. The normalized spacial score (nSPS) is 18.1. The molecule has 10 nitrogen and oxygen atoms in total. The van der Waals surface area contributed by atoms with Gasteiger partial charge in [0.2, 0.25) is 5.88 Å². The third-order valence-electron chi connectivity index (χ3n) is 6.28. The number of fused-ring (bicyclic) bond motifs is 2. The first kappa shape index (κ1) is 25.0. The van der Waals surface area contributed by atoms with Crippen molar-refractivity contribution in [3.8, 4) is 11.6 Å². The molecule has 0 radical (unpaired) electrons. The molecule has 0 aliphatic heterocycles. The van der Waals surface area contributed by atoms with E-state index in [-0.39, 0.29) is 36.1 Å². The zero-order valence-corrected chi connectivity index (χ0v) is 21.5. The molecule has 4 N–H and O–H groups in total. The van der Waals surface area contributed by atoms with Crippen LogP contribution in [-0.2, 0) is 0 Å². The van der Waals surface area contributed by atoms with E-state index in [1.54, 1.807) is 42.8 Å². The van der Waals surface area contributed by atoms with Crippen LogP contribution in [0.15, 0.2) is 42.0 Å². The van der Waals surface area contributed by atoms with E-state index in [0.29, 0.717) is 29.7 Å². The van der Waals surface area contributed by atoms with Gasteiger partial charge in [-0.05, 0) is 69.2 Å². The van der Waals surface area contributed by atoms with Crippen molar-refractivity contribution in [3.05, 3.63) is 53.2 Å². The van der Waals surface area contributed by atoms with Crippen molar-refractivity contribution in [3.63, 3.8) is 0 Å². The van der Waals surface area contributed by atoms with Crippen LogP contribution in [0.5, 0.6) is 11.6 Å². The molecule has 4 aromatic heterocycles. The topological polar surface area (TPSA) is 141 Å². The van der Waals surface area contributed by atoms with E-state index in [1.807, 2.05) is 11.4 Å². The average Bonchev–Trinajstić information content (AvgIpc) is 3.49. The number of nitrogens with one attached hydrogen (secondary N) is 1. The second-order valence-electron chi connectivity index (χ2n) is 9.93. The number of pyridine rings is 2. The van der Waals surface area contributed by atoms with Crippen molar-refractivity contribution in [2.45, 2.75) is 57.3 Å². The lowest BCUT2D eigenvalue weighted by molar-refractivity contribution is 0.0283. The summed E-state index contributed by atoms with van der Waals surface area (Å²) < 4.78 is 14.2. The first-order valence-electron chi connectivity index (χ1n) is 12.1. The Kier molecular flexibility index (Phi) is 6.74. The molecule has 4 heterocycles. The molecule has 11 heteroatoms. The van der Waals surface area contributed by atoms with Gasteiger partial charge in [-0.2, -0.15) is 5.10 Å². The number of aromatic nitrogens is 3. The number of ether oxygens (including phenoxy) is 2. The smallest absolute Gasteiger partial charge is 0.255 e. The van der Waals surface area contributed by atoms with Gasteiger partial charge in [-0.1, -0.05) is 0 Å². The summed E-state index contributed by atoms with van der Waals surface area (Å²) in [5.41, 5.74) is 6.81. The maximum Gasteiger partial charge on any atom is 0.255 e. The monoisotopic (exact) mass is 523 g/mol. The van der Waals surface area contributed by atoms with Crippen LogP contribution in [0.2, 0.25) is 0 Å². The maximum atomic E-state index is 13.0. The van der Waals surface area contributed by atoms with E-state index in [2.05, 4.69) is 15.4 Å². The molecule has 0 aromatic carbocycles. The molecular formula is C26H29N5O5S. The third kappa shape index (κ3) is 5.67. The van der Waals surface area contributed by atoms with Gasteiger partial charge in [-0.3, -0.25) is 9.59 Å². The highest BCUT2D eigenvalue weighted by Crippen LogP contribution is 2.29. The van der Waals surface area contributed by atoms with Crippen LogP contribution in [0.3, 0.4) is 0 Å². The van der Waals surface area contributed by atoms with Crippen LogP contribution >= 0.6 is 11.3 Å². The predicted molar refractivity (Wildman–Crippen MR) is 139 cm³/mol. The number of amides is 2. The molecule has 5 rings (SSSR count). The lowest BCUT2D eigenvalue weighted by Gasteiger charge is -2.29. The van der Waals surface area contributed by atoms with Crippen LogP contribution < -0.4 is 20.5 Å². The summed E-state index contributed by atoms with van der Waals surface area (Å²) in [6.45, 7) is 3.48. The Morgan fingerprint density at radius 3 is 2.73 bits per heavy atom. The Bertz CT molecular complexity index is 1450. The number of hydrogen-bond donors (Lipinski definition) is 3. The number of primary amides is 1. The van der Waals surface area contributed by atoms with Crippen LogP contribution in [0.1, 0.15) is 60.2 Å². The maximum absolute atomic E-state index is 13.0. The van der Waals surface area contributed by atoms with Gasteiger partial charge in [0, 0.05) is 6.04 Å². The van der Waals surface area contributed by atoms with Crippen LogP contribution in [0.4, 0.5) is 0 Å². The van der Waals surface area contributed by atoms with Crippen molar-refractivity contribution < 1.29 is 24.2 Å². The zero-order chi connectivity index (χ0) is 26.2. The standard InChI is InChI=1S/C26H29N5O5S/c1-26(2,34)14-35-17-7-8-21-19(12-28-31(21)13-17)24(33)29-15-3-5-16(6-4-15)36-25-18(23(27)32)11-22-20(30-25)9-10-37-22/h7-13,15-16,34H,3-6,14H2,1-2H3,(H2,27,32)(H,29,33)/t15-,16-. The van der Waals surface area contributed by atoms with Crippen molar-refractivity contribution in [2.75, 3.05) is 6.61 Å². The van der Waals surface area contributed by atoms with E-state index in [4.69, 9.17) is 15.2 Å². The highest BCUT2D eigenvalue weighted by molar-refractivity contribution is 7.17. The Balaban J connectivity index is 1.19. The minimum absolute atomic E-state index is 0.000355. The molecular weight excluding hydrogens is 494 g/mol. The highest BCUT2D eigenvalue weighted by Gasteiger charge is 2.27. The van der Waals surface area contributed by atoms with Crippen molar-refractivity contribution >= 4 is 38.9 Å². The van der Waals surface area contributed by atoms with E-state index < -0.39 is 11.5 Å². The number of hydrogen-bond acceptors (Lipinski definition) is 8. The second kappa shape index (κ2) is 9.98. The molecule has 0 saturated heterocycles. The Morgan fingerprint density at radius 1 is 1.22 bits per heavy atom. The van der Waals surface area contributed by atoms with Gasteiger partial charge in [0.15, 0.2) is 0 Å². The molecule has 194 valence electrons. The fraction of sp³-hybridized carbons (Fsp3) is 0.385. The molecule has 1 aliphatic rings. The average molecular weight is 524 g/mol. The summed E-state index contributed by atoms with van der Waals surface area (Å²) in [4.78, 5) is 29.4. The second-order valence-corrected chi connectivity index (χ2v) is 10.9. The molecule has 0 spiro atoms. The molecule has 2 amide bonds. The van der Waals surface area contributed by atoms with Gasteiger partial charge < -0.3 is 25.6 Å². The van der Waals surface area contributed by atoms with Gasteiger partial charge in [-0.25, -0.2) is 9.50 Å². The zero-order valence-electron chi connectivity index (χ0n) is 20.6. The van der Waals surface area contributed by atoms with Crippen molar-refractivity contribution in [1.29, 1.82) is 0 Å². The fourth-order valence-corrected chi connectivity index (χ4v) is 5.14. The summed E-state index contributed by atoms with van der Waals surface area (Å²) in [6, 6.07) is 7.15. The molecule has 0 unspecified atom stereocenters. The number of thiophene rings is 1. The Labute approximate surface area is 217 Å². The van der Waals surface area contributed by atoms with E-state index in [0.717, 1.165) is 23.1 Å². The molecule has 1 fully saturated rings. The summed E-state index contributed by atoms with van der Waals surface area (Å²) >= 11 is 1.50. The molecule has 4 aromatic rings. The fourth-order valence-electron chi connectivity index (χ4n) is 4.38. The number of aliphatic hydroxyl groups is 1. The number of carbonyl (C=O) groups excluding carboxylic acids is 2. The lowest BCUT2D eigenvalue weighted by Crippen LogP contribution is -2.39. The minimum atomic E-state index is -0.952. The van der Waals surface area contributed by atoms with E-state index in [1.165, 1.54) is 17.5 Å². The molecule has 1 aliphatic carbocycles. The summed E-state index contributed by atoms with van der Waals surface area (Å²) in [5, 5.41) is 19.2. The number of rotatable bonds is 8. The number of nitrogens with two attached hydrogens (primary N) is 1. The number of nitrogens with zero attached hydrogens (tertiary/aromatic N) is 3. The van der Waals surface area contributed by atoms with Crippen molar-refractivity contribution in [2.24, 2.45) is 5.73 Å². The summed E-state index contributed by atoms with van der Waals surface area (Å²) in [7, 11) is 0. The van der Waals surface area contributed by atoms with Crippen LogP contribution in [-0.4, -0.2) is 55.9 Å². The van der Waals surface area contributed by atoms with Gasteiger partial charge in [0.05, 0.1) is 39.3 Å². The molecule has 0 atom stereocenters. The third-order valence-corrected chi connectivity index (χ3v) is 7.13. The predicted octanol–water partition coefficient (Wildman–Crippen LogP) is 3.31. The van der Waals surface area contributed by atoms with Crippen molar-refractivity contribution in [1.82, 2.24) is 19.9 Å². The molecule has 1 saturated carbocycles. The van der Waals surface area contributed by atoms with E-state index >= 15 is 0 Å². The Hall–Kier alpha value is -3.70. The summed E-state index contributed by atoms with van der Waals surface area (Å²) in [6.07, 6.45) is 5.99. The molecule has 0 bridgehead atoms. The van der Waals surface area contributed by atoms with Crippen LogP contribution in [0.25, 0.3) is 15.7 Å². The first-order valence-corrected chi connectivity index (χ1v) is 13.0. The lowest BCUT2D eigenvalue weighted by atomic mass is 9.92. The minimum Gasteiger partial charge on any atom is -0.489 e. The molecule has 37 heavy (non-hydrogen) atoms. The summed E-state index contributed by atoms with van der Waals surface area (Å²) in [5.74, 6) is 0.0615. The Morgan fingerprint density at radius 2 is 2.00 bits per heavy atom. The van der Waals surface area contributed by atoms with E-state index in [9.17, 15) is 14.7 Å². The first-order chi connectivity index (χ1) is 17.7. The quantitative estimate of drug-likeness (QED) is 0.322.